The molecule has 1 aromatic heterocycles. The van der Waals surface area contributed by atoms with E-state index in [1.807, 2.05) is 0 Å². The number of carbonyl (C=O) groups excluding carboxylic acids is 2. The van der Waals surface area contributed by atoms with Crippen LogP contribution in [0.3, 0.4) is 0 Å². The third-order valence-electron chi connectivity index (χ3n) is 6.02. The highest BCUT2D eigenvalue weighted by Crippen LogP contribution is 2.31. The monoisotopic (exact) mass is 580 g/mol. The van der Waals surface area contributed by atoms with Crippen molar-refractivity contribution in [3.63, 3.8) is 0 Å². The molecular formula is C22H24ClF3N4O5S2. The second-order valence-electron chi connectivity index (χ2n) is 8.52. The number of rotatable bonds is 6. The van der Waals surface area contributed by atoms with Crippen molar-refractivity contribution in [1.29, 1.82) is 0 Å². The van der Waals surface area contributed by atoms with Gasteiger partial charge in [-0.15, -0.1) is 11.3 Å². The van der Waals surface area contributed by atoms with Crippen LogP contribution in [0.1, 0.15) is 18.4 Å². The van der Waals surface area contributed by atoms with Crippen LogP contribution in [-0.2, 0) is 25.7 Å². The van der Waals surface area contributed by atoms with Crippen LogP contribution in [0.2, 0.25) is 4.34 Å². The summed E-state index contributed by atoms with van der Waals surface area (Å²) < 4.78 is 71.9. The molecule has 2 aliphatic rings. The van der Waals surface area contributed by atoms with Crippen molar-refractivity contribution in [2.45, 2.75) is 35.4 Å². The molecule has 2 N–H and O–H groups in total. The Balaban J connectivity index is 1.49. The first kappa shape index (κ1) is 27.6. The summed E-state index contributed by atoms with van der Waals surface area (Å²) in [6.07, 6.45) is -3.06. The van der Waals surface area contributed by atoms with Gasteiger partial charge in [-0.3, -0.25) is 4.79 Å². The number of hydrogen-bond donors (Lipinski definition) is 2. The molecule has 3 heterocycles. The second kappa shape index (κ2) is 11.2. The predicted molar refractivity (Wildman–Crippen MR) is 131 cm³/mol. The zero-order chi connectivity index (χ0) is 26.8. The predicted octanol–water partition coefficient (Wildman–Crippen LogP) is 3.62. The SMILES string of the molecule is O=C(NCC1CCCO1)C1CN(C(=O)Nc2ccc(C(F)(F)F)cc2)CCN1S(=O)(=O)c1ccc(Cl)s1. The molecule has 0 spiro atoms. The Bertz CT molecular complexity index is 1230. The number of amides is 3. The third-order valence-corrected chi connectivity index (χ3v) is 9.63. The lowest BCUT2D eigenvalue weighted by atomic mass is 10.2. The summed E-state index contributed by atoms with van der Waals surface area (Å²) >= 11 is 6.78. The highest BCUT2D eigenvalue weighted by Gasteiger charge is 2.42. The molecular weight excluding hydrogens is 557 g/mol. The molecule has 0 aliphatic carbocycles. The summed E-state index contributed by atoms with van der Waals surface area (Å²) in [6.45, 7) is 0.312. The highest BCUT2D eigenvalue weighted by atomic mass is 35.5. The molecule has 2 fully saturated rings. The molecule has 3 amide bonds. The summed E-state index contributed by atoms with van der Waals surface area (Å²) in [4.78, 5) is 27.3. The second-order valence-corrected chi connectivity index (χ2v) is 12.4. The topological polar surface area (TPSA) is 108 Å². The molecule has 2 atom stereocenters. The van der Waals surface area contributed by atoms with Gasteiger partial charge in [-0.2, -0.15) is 17.5 Å². The molecule has 0 bridgehead atoms. The van der Waals surface area contributed by atoms with E-state index in [4.69, 9.17) is 16.3 Å². The molecule has 202 valence electrons. The molecule has 2 aromatic rings. The van der Waals surface area contributed by atoms with Crippen LogP contribution in [0.25, 0.3) is 0 Å². The number of benzene rings is 1. The zero-order valence-corrected chi connectivity index (χ0v) is 21.7. The summed E-state index contributed by atoms with van der Waals surface area (Å²) in [5.74, 6) is -0.589. The van der Waals surface area contributed by atoms with Crippen molar-refractivity contribution in [2.75, 3.05) is 38.1 Å². The normalized spacial score (nSPS) is 21.1. The first-order valence-electron chi connectivity index (χ1n) is 11.3. The number of carbonyl (C=O) groups is 2. The quantitative estimate of drug-likeness (QED) is 0.543. The number of hydrogen-bond acceptors (Lipinski definition) is 6. The van der Waals surface area contributed by atoms with Crippen molar-refractivity contribution in [1.82, 2.24) is 14.5 Å². The Kier molecular flexibility index (Phi) is 8.33. The minimum Gasteiger partial charge on any atom is -0.376 e. The number of piperazine rings is 1. The molecule has 0 radical (unpaired) electrons. The van der Waals surface area contributed by atoms with E-state index in [-0.39, 0.29) is 46.5 Å². The lowest BCUT2D eigenvalue weighted by Gasteiger charge is -2.39. The van der Waals surface area contributed by atoms with Gasteiger partial charge in [0.1, 0.15) is 10.3 Å². The van der Waals surface area contributed by atoms with Gasteiger partial charge in [0.2, 0.25) is 5.91 Å². The number of thiophene rings is 1. The van der Waals surface area contributed by atoms with Crippen molar-refractivity contribution < 1.29 is 35.9 Å². The van der Waals surface area contributed by atoms with E-state index in [2.05, 4.69) is 10.6 Å². The Morgan fingerprint density at radius 2 is 1.86 bits per heavy atom. The fourth-order valence-electron chi connectivity index (χ4n) is 4.09. The minimum absolute atomic E-state index is 0.0305. The van der Waals surface area contributed by atoms with Crippen molar-refractivity contribution in [2.24, 2.45) is 0 Å². The van der Waals surface area contributed by atoms with E-state index in [0.717, 1.165) is 52.7 Å². The number of ether oxygens (including phenoxy) is 1. The van der Waals surface area contributed by atoms with E-state index in [9.17, 15) is 31.2 Å². The smallest absolute Gasteiger partial charge is 0.376 e. The number of anilines is 1. The molecule has 2 unspecified atom stereocenters. The molecule has 0 saturated carbocycles. The Hall–Kier alpha value is -2.39. The van der Waals surface area contributed by atoms with Crippen LogP contribution in [0.15, 0.2) is 40.6 Å². The van der Waals surface area contributed by atoms with Gasteiger partial charge in [-0.05, 0) is 49.2 Å². The van der Waals surface area contributed by atoms with E-state index in [1.165, 1.54) is 17.0 Å². The molecule has 2 aliphatic heterocycles. The number of nitrogens with one attached hydrogen (secondary N) is 2. The van der Waals surface area contributed by atoms with E-state index in [0.29, 0.717) is 6.61 Å². The van der Waals surface area contributed by atoms with Crippen LogP contribution in [0.4, 0.5) is 23.7 Å². The van der Waals surface area contributed by atoms with E-state index >= 15 is 0 Å². The maximum absolute atomic E-state index is 13.3. The van der Waals surface area contributed by atoms with Crippen LogP contribution in [-0.4, -0.2) is 74.5 Å². The maximum Gasteiger partial charge on any atom is 0.416 e. The molecule has 4 rings (SSSR count). The number of sulfonamides is 1. The average molecular weight is 581 g/mol. The van der Waals surface area contributed by atoms with Crippen LogP contribution >= 0.6 is 22.9 Å². The maximum atomic E-state index is 13.3. The first-order chi connectivity index (χ1) is 17.4. The average Bonchev–Trinajstić information content (AvgIpc) is 3.54. The lowest BCUT2D eigenvalue weighted by molar-refractivity contribution is -0.137. The molecule has 1 aromatic carbocycles. The zero-order valence-electron chi connectivity index (χ0n) is 19.3. The van der Waals surface area contributed by atoms with Crippen LogP contribution < -0.4 is 10.6 Å². The summed E-state index contributed by atoms with van der Waals surface area (Å²) in [7, 11) is -4.09. The van der Waals surface area contributed by atoms with Crippen molar-refractivity contribution >= 4 is 50.6 Å². The third kappa shape index (κ3) is 6.55. The highest BCUT2D eigenvalue weighted by molar-refractivity contribution is 7.91. The fourth-order valence-corrected chi connectivity index (χ4v) is 7.27. The number of halogens is 4. The van der Waals surface area contributed by atoms with Gasteiger partial charge < -0.3 is 20.3 Å². The fraction of sp³-hybridized carbons (Fsp3) is 0.455. The van der Waals surface area contributed by atoms with Gasteiger partial charge in [0.25, 0.3) is 10.0 Å². The van der Waals surface area contributed by atoms with Gasteiger partial charge in [0.15, 0.2) is 0 Å². The van der Waals surface area contributed by atoms with Gasteiger partial charge in [-0.1, -0.05) is 11.6 Å². The summed E-state index contributed by atoms with van der Waals surface area (Å²) in [6, 6.07) is 4.81. The van der Waals surface area contributed by atoms with Gasteiger partial charge >= 0.3 is 12.2 Å². The first-order valence-corrected chi connectivity index (χ1v) is 14.0. The van der Waals surface area contributed by atoms with Crippen LogP contribution in [0.5, 0.6) is 0 Å². The Morgan fingerprint density at radius 3 is 2.46 bits per heavy atom. The van der Waals surface area contributed by atoms with Gasteiger partial charge in [0.05, 0.1) is 16.0 Å². The van der Waals surface area contributed by atoms with Gasteiger partial charge in [-0.25, -0.2) is 13.2 Å². The largest absolute Gasteiger partial charge is 0.416 e. The minimum atomic E-state index is -4.51. The van der Waals surface area contributed by atoms with Gasteiger partial charge in [0, 0.05) is 38.5 Å². The molecule has 9 nitrogen and oxygen atoms in total. The van der Waals surface area contributed by atoms with Crippen molar-refractivity contribution in [3.8, 4) is 0 Å². The number of urea groups is 1. The number of nitrogens with zero attached hydrogens (tertiary/aromatic N) is 2. The Labute approximate surface area is 220 Å². The summed E-state index contributed by atoms with van der Waals surface area (Å²) in [5, 5.41) is 5.22. The number of alkyl halides is 3. The molecule has 2 saturated heterocycles. The van der Waals surface area contributed by atoms with E-state index in [1.54, 1.807) is 0 Å². The van der Waals surface area contributed by atoms with Crippen molar-refractivity contribution in [3.05, 3.63) is 46.3 Å². The van der Waals surface area contributed by atoms with E-state index < -0.39 is 39.7 Å². The molecule has 15 heteroatoms. The molecule has 37 heavy (non-hydrogen) atoms. The lowest BCUT2D eigenvalue weighted by Crippen LogP contribution is -2.62. The van der Waals surface area contributed by atoms with Crippen LogP contribution in [0, 0.1) is 0 Å². The standard InChI is InChI=1S/C22H24ClF3N4O5S2/c23-18-7-8-19(36-18)37(33,34)30-10-9-29(13-17(30)20(31)27-12-16-2-1-11-35-16)21(32)28-15-5-3-14(4-6-15)22(24,25)26/h3-8,16-17H,1-2,9-13H2,(H,27,31)(H,28,32). The summed E-state index contributed by atoms with van der Waals surface area (Å²) in [5.41, 5.74) is -0.735. The Morgan fingerprint density at radius 1 is 1.14 bits per heavy atom.